The number of carboxylic acid groups (broad SMARTS) is 1. The van der Waals surface area contributed by atoms with Gasteiger partial charge < -0.3 is 10.0 Å². The molecule has 6 nitrogen and oxygen atoms in total. The molecule has 1 aromatic heterocycles. The molecule has 1 amide bonds. The van der Waals surface area contributed by atoms with Gasteiger partial charge in [0.1, 0.15) is 6.04 Å². The Kier molecular flexibility index (Phi) is 4.11. The maximum absolute atomic E-state index is 12.1. The highest BCUT2D eigenvalue weighted by atomic mass is 16.4. The first-order chi connectivity index (χ1) is 9.08. The first-order valence-corrected chi connectivity index (χ1v) is 6.18. The summed E-state index contributed by atoms with van der Waals surface area (Å²) in [5, 5.41) is 8.94. The highest BCUT2D eigenvalue weighted by Crippen LogP contribution is 2.16. The van der Waals surface area contributed by atoms with E-state index in [0.717, 1.165) is 5.69 Å². The Bertz CT molecular complexity index is 463. The lowest BCUT2D eigenvalue weighted by Crippen LogP contribution is -2.55. The topological polar surface area (TPSA) is 73.7 Å². The minimum absolute atomic E-state index is 0.135. The highest BCUT2D eigenvalue weighted by molar-refractivity contribution is 5.86. The van der Waals surface area contributed by atoms with Crippen LogP contribution in [0.5, 0.6) is 0 Å². The SMILES string of the molecule is CN1CCN(Cc2ccccn2)C(CC(=O)O)C1=O. The third-order valence-corrected chi connectivity index (χ3v) is 3.28. The first-order valence-electron chi connectivity index (χ1n) is 6.18. The lowest BCUT2D eigenvalue weighted by atomic mass is 10.1. The summed E-state index contributed by atoms with van der Waals surface area (Å²) in [4.78, 5) is 30.7. The number of likely N-dealkylation sites (N-methyl/N-ethyl adjacent to an activating group) is 1. The van der Waals surface area contributed by atoms with Crippen molar-refractivity contribution in [1.82, 2.24) is 14.8 Å². The Hall–Kier alpha value is -1.95. The van der Waals surface area contributed by atoms with Crippen molar-refractivity contribution in [3.8, 4) is 0 Å². The summed E-state index contributed by atoms with van der Waals surface area (Å²) in [7, 11) is 1.70. The zero-order chi connectivity index (χ0) is 13.8. The van der Waals surface area contributed by atoms with Gasteiger partial charge in [-0.15, -0.1) is 0 Å². The van der Waals surface area contributed by atoms with Crippen LogP contribution in [0.15, 0.2) is 24.4 Å². The number of aliphatic carboxylic acids is 1. The molecule has 6 heteroatoms. The number of piperazine rings is 1. The molecule has 1 N–H and O–H groups in total. The minimum atomic E-state index is -0.959. The van der Waals surface area contributed by atoms with Crippen molar-refractivity contribution in [3.63, 3.8) is 0 Å². The van der Waals surface area contributed by atoms with Crippen molar-refractivity contribution >= 4 is 11.9 Å². The molecule has 1 aliphatic heterocycles. The van der Waals surface area contributed by atoms with E-state index < -0.39 is 12.0 Å². The molecule has 102 valence electrons. The van der Waals surface area contributed by atoms with Gasteiger partial charge in [0.05, 0.1) is 12.1 Å². The van der Waals surface area contributed by atoms with Crippen molar-refractivity contribution in [1.29, 1.82) is 0 Å². The molecule has 0 saturated carbocycles. The van der Waals surface area contributed by atoms with Gasteiger partial charge in [-0.2, -0.15) is 0 Å². The van der Waals surface area contributed by atoms with Crippen molar-refractivity contribution in [3.05, 3.63) is 30.1 Å². The zero-order valence-corrected chi connectivity index (χ0v) is 10.8. The molecule has 0 aromatic carbocycles. The molecule has 1 atom stereocenters. The molecule has 1 saturated heterocycles. The quantitative estimate of drug-likeness (QED) is 0.840. The van der Waals surface area contributed by atoms with E-state index in [9.17, 15) is 9.59 Å². The smallest absolute Gasteiger partial charge is 0.305 e. The Morgan fingerprint density at radius 1 is 1.47 bits per heavy atom. The molecule has 19 heavy (non-hydrogen) atoms. The lowest BCUT2D eigenvalue weighted by molar-refractivity contribution is -0.148. The van der Waals surface area contributed by atoms with E-state index in [-0.39, 0.29) is 12.3 Å². The Balaban J connectivity index is 2.12. The minimum Gasteiger partial charge on any atom is -0.481 e. The third kappa shape index (κ3) is 3.29. The predicted molar refractivity (Wildman–Crippen MR) is 68.3 cm³/mol. The van der Waals surface area contributed by atoms with Crippen molar-refractivity contribution in [2.24, 2.45) is 0 Å². The molecule has 1 aliphatic rings. The Morgan fingerprint density at radius 3 is 2.89 bits per heavy atom. The monoisotopic (exact) mass is 263 g/mol. The second-order valence-corrected chi connectivity index (χ2v) is 4.67. The second kappa shape index (κ2) is 5.79. The van der Waals surface area contributed by atoms with Gasteiger partial charge in [0.2, 0.25) is 5.91 Å². The first kappa shape index (κ1) is 13.5. The average molecular weight is 263 g/mol. The van der Waals surface area contributed by atoms with Crippen molar-refractivity contribution < 1.29 is 14.7 Å². The van der Waals surface area contributed by atoms with Gasteiger partial charge in [-0.3, -0.25) is 19.5 Å². The van der Waals surface area contributed by atoms with Crippen LogP contribution < -0.4 is 0 Å². The number of carboxylic acids is 1. The van der Waals surface area contributed by atoms with E-state index >= 15 is 0 Å². The van der Waals surface area contributed by atoms with Crippen LogP contribution in [0.25, 0.3) is 0 Å². The normalized spacial score (nSPS) is 20.6. The van der Waals surface area contributed by atoms with Crippen LogP contribution in [-0.2, 0) is 16.1 Å². The van der Waals surface area contributed by atoms with Crippen molar-refractivity contribution in [2.75, 3.05) is 20.1 Å². The number of hydrogen-bond donors (Lipinski definition) is 1. The Morgan fingerprint density at radius 2 is 2.26 bits per heavy atom. The van der Waals surface area contributed by atoms with E-state index in [0.29, 0.717) is 19.6 Å². The average Bonchev–Trinajstić information content (AvgIpc) is 2.39. The second-order valence-electron chi connectivity index (χ2n) is 4.67. The van der Waals surface area contributed by atoms with Gasteiger partial charge in [-0.05, 0) is 12.1 Å². The summed E-state index contributed by atoms with van der Waals surface area (Å²) in [6, 6.07) is 4.98. The molecule has 0 bridgehead atoms. The molecule has 1 aromatic rings. The lowest BCUT2D eigenvalue weighted by Gasteiger charge is -2.38. The largest absolute Gasteiger partial charge is 0.481 e. The van der Waals surface area contributed by atoms with Gasteiger partial charge in [0.25, 0.3) is 0 Å². The fourth-order valence-electron chi connectivity index (χ4n) is 2.23. The number of nitrogens with zero attached hydrogens (tertiary/aromatic N) is 3. The number of aromatic nitrogens is 1. The number of carbonyl (C=O) groups is 2. The van der Waals surface area contributed by atoms with Gasteiger partial charge in [-0.25, -0.2) is 0 Å². The third-order valence-electron chi connectivity index (χ3n) is 3.28. The van der Waals surface area contributed by atoms with Crippen LogP contribution in [-0.4, -0.2) is 57.9 Å². The Labute approximate surface area is 111 Å². The molecular formula is C13H17N3O3. The van der Waals surface area contributed by atoms with E-state index in [1.54, 1.807) is 18.1 Å². The van der Waals surface area contributed by atoms with Crippen LogP contribution in [0.4, 0.5) is 0 Å². The predicted octanol–water partition coefficient (Wildman–Crippen LogP) is 0.199. The number of carbonyl (C=O) groups excluding carboxylic acids is 1. The molecule has 0 aliphatic carbocycles. The maximum atomic E-state index is 12.1. The zero-order valence-electron chi connectivity index (χ0n) is 10.8. The number of pyridine rings is 1. The molecule has 0 spiro atoms. The van der Waals surface area contributed by atoms with Gasteiger partial charge in [-0.1, -0.05) is 6.07 Å². The summed E-state index contributed by atoms with van der Waals surface area (Å²) < 4.78 is 0. The van der Waals surface area contributed by atoms with Gasteiger partial charge in [0.15, 0.2) is 0 Å². The van der Waals surface area contributed by atoms with Crippen LogP contribution >= 0.6 is 0 Å². The van der Waals surface area contributed by atoms with Crippen LogP contribution in [0.1, 0.15) is 12.1 Å². The number of rotatable bonds is 4. The van der Waals surface area contributed by atoms with Crippen LogP contribution in [0, 0.1) is 0 Å². The fraction of sp³-hybridized carbons (Fsp3) is 0.462. The molecule has 1 fully saturated rings. The summed E-state index contributed by atoms with van der Waals surface area (Å²) in [5.41, 5.74) is 0.843. The summed E-state index contributed by atoms with van der Waals surface area (Å²) >= 11 is 0. The maximum Gasteiger partial charge on any atom is 0.305 e. The molecule has 0 radical (unpaired) electrons. The molecule has 2 rings (SSSR count). The van der Waals surface area contributed by atoms with Gasteiger partial charge >= 0.3 is 5.97 Å². The van der Waals surface area contributed by atoms with E-state index in [2.05, 4.69) is 4.98 Å². The van der Waals surface area contributed by atoms with Crippen LogP contribution in [0.3, 0.4) is 0 Å². The van der Waals surface area contributed by atoms with E-state index in [1.165, 1.54) is 0 Å². The number of amides is 1. The summed E-state index contributed by atoms with van der Waals surface area (Å²) in [5.74, 6) is -1.09. The highest BCUT2D eigenvalue weighted by Gasteiger charge is 2.34. The number of hydrogen-bond acceptors (Lipinski definition) is 4. The standard InChI is InChI=1S/C13H17N3O3/c1-15-6-7-16(9-10-4-2-3-5-14-10)11(13(15)19)8-12(17)18/h2-5,11H,6-9H2,1H3,(H,17,18). The van der Waals surface area contributed by atoms with Crippen LogP contribution in [0.2, 0.25) is 0 Å². The van der Waals surface area contributed by atoms with E-state index in [1.807, 2.05) is 23.1 Å². The molecular weight excluding hydrogens is 246 g/mol. The van der Waals surface area contributed by atoms with E-state index in [4.69, 9.17) is 5.11 Å². The molecule has 1 unspecified atom stereocenters. The van der Waals surface area contributed by atoms with Crippen molar-refractivity contribution in [2.45, 2.75) is 19.0 Å². The summed E-state index contributed by atoms with van der Waals surface area (Å²) in [6.07, 6.45) is 1.52. The summed E-state index contributed by atoms with van der Waals surface area (Å²) in [6.45, 7) is 1.77. The fourth-order valence-corrected chi connectivity index (χ4v) is 2.23. The van der Waals surface area contributed by atoms with Gasteiger partial charge in [0, 0.05) is 32.9 Å². The molecule has 2 heterocycles.